The Morgan fingerprint density at radius 3 is 3.06 bits per heavy atom. The maximum atomic E-state index is 13.4. The number of aryl methyl sites for hydroxylation is 1. The zero-order chi connectivity index (χ0) is 22.1. The van der Waals surface area contributed by atoms with Gasteiger partial charge < -0.3 is 24.0 Å². The van der Waals surface area contributed by atoms with E-state index in [0.717, 1.165) is 28.4 Å². The number of hydrogen-bond donors (Lipinski definition) is 1. The van der Waals surface area contributed by atoms with Gasteiger partial charge in [-0.15, -0.1) is 0 Å². The topological polar surface area (TPSA) is 102 Å². The van der Waals surface area contributed by atoms with Crippen molar-refractivity contribution < 1.29 is 18.8 Å². The number of carbonyl (C=O) groups excluding carboxylic acids is 2. The van der Waals surface area contributed by atoms with Crippen LogP contribution < -0.4 is 10.1 Å². The lowest BCUT2D eigenvalue weighted by atomic mass is 9.94. The molecule has 166 valence electrons. The molecule has 32 heavy (non-hydrogen) atoms. The number of benzene rings is 1. The smallest absolute Gasteiger partial charge is 0.239 e. The monoisotopic (exact) mass is 435 g/mol. The molecule has 9 nitrogen and oxygen atoms in total. The number of imidazole rings is 1. The van der Waals surface area contributed by atoms with Gasteiger partial charge in [-0.3, -0.25) is 9.59 Å². The molecule has 1 unspecified atom stereocenters. The summed E-state index contributed by atoms with van der Waals surface area (Å²) in [6.45, 7) is 3.55. The van der Waals surface area contributed by atoms with Gasteiger partial charge in [0.05, 0.1) is 42.5 Å². The fourth-order valence-corrected chi connectivity index (χ4v) is 4.40. The van der Waals surface area contributed by atoms with E-state index in [-0.39, 0.29) is 30.8 Å². The summed E-state index contributed by atoms with van der Waals surface area (Å²) in [5.74, 6) is 1.12. The molecule has 1 atom stereocenters. The summed E-state index contributed by atoms with van der Waals surface area (Å²) in [6, 6.07) is 9.21. The fourth-order valence-electron chi connectivity index (χ4n) is 4.40. The summed E-state index contributed by atoms with van der Waals surface area (Å²) >= 11 is 0. The van der Waals surface area contributed by atoms with E-state index in [9.17, 15) is 9.59 Å². The first kappa shape index (κ1) is 20.3. The summed E-state index contributed by atoms with van der Waals surface area (Å²) < 4.78 is 13.0. The second-order valence-corrected chi connectivity index (χ2v) is 8.18. The second-order valence-electron chi connectivity index (χ2n) is 8.18. The Labute approximate surface area is 185 Å². The van der Waals surface area contributed by atoms with Gasteiger partial charge in [0.15, 0.2) is 0 Å². The molecular weight excluding hydrogens is 410 g/mol. The lowest BCUT2D eigenvalue weighted by Crippen LogP contribution is -2.42. The Kier molecular flexibility index (Phi) is 5.38. The van der Waals surface area contributed by atoms with Gasteiger partial charge in [0.2, 0.25) is 11.8 Å². The lowest BCUT2D eigenvalue weighted by Gasteiger charge is -2.36. The van der Waals surface area contributed by atoms with Crippen molar-refractivity contribution in [2.24, 2.45) is 0 Å². The van der Waals surface area contributed by atoms with Crippen molar-refractivity contribution >= 4 is 11.8 Å². The van der Waals surface area contributed by atoms with Crippen LogP contribution in [0.25, 0.3) is 0 Å². The third-order valence-electron chi connectivity index (χ3n) is 5.84. The van der Waals surface area contributed by atoms with Gasteiger partial charge in [0, 0.05) is 25.6 Å². The van der Waals surface area contributed by atoms with Crippen LogP contribution in [0.15, 0.2) is 41.2 Å². The molecule has 2 aliphatic heterocycles. The van der Waals surface area contributed by atoms with E-state index in [0.29, 0.717) is 38.3 Å². The van der Waals surface area contributed by atoms with Crippen molar-refractivity contribution in [3.05, 3.63) is 65.1 Å². The first-order chi connectivity index (χ1) is 15.6. The maximum Gasteiger partial charge on any atom is 0.239 e. The summed E-state index contributed by atoms with van der Waals surface area (Å²) in [5, 5.41) is 6.82. The number of nitrogens with zero attached hydrogens (tertiary/aromatic N) is 4. The number of aromatic nitrogens is 3. The summed E-state index contributed by atoms with van der Waals surface area (Å²) in [4.78, 5) is 32.3. The zero-order valence-electron chi connectivity index (χ0n) is 17.9. The molecule has 1 aromatic carbocycles. The highest BCUT2D eigenvalue weighted by Crippen LogP contribution is 2.36. The minimum absolute atomic E-state index is 0.0651. The van der Waals surface area contributed by atoms with Gasteiger partial charge in [-0.2, -0.15) is 0 Å². The number of hydrogen-bond acceptors (Lipinski definition) is 6. The number of ether oxygens (including phenoxy) is 1. The molecule has 0 aliphatic carbocycles. The third kappa shape index (κ3) is 3.98. The first-order valence-electron chi connectivity index (χ1n) is 10.8. The number of amides is 2. The van der Waals surface area contributed by atoms with Gasteiger partial charge in [-0.25, -0.2) is 4.98 Å². The van der Waals surface area contributed by atoms with Gasteiger partial charge >= 0.3 is 0 Å². The molecule has 3 aromatic rings. The van der Waals surface area contributed by atoms with Crippen LogP contribution >= 0.6 is 0 Å². The van der Waals surface area contributed by atoms with Gasteiger partial charge in [-0.05, 0) is 31.0 Å². The molecule has 1 N–H and O–H groups in total. The third-order valence-corrected chi connectivity index (χ3v) is 5.84. The van der Waals surface area contributed by atoms with E-state index in [1.54, 1.807) is 12.4 Å². The molecule has 0 saturated carbocycles. The van der Waals surface area contributed by atoms with Crippen LogP contribution in [0, 0.1) is 6.92 Å². The molecule has 0 spiro atoms. The molecule has 2 aromatic heterocycles. The van der Waals surface area contributed by atoms with E-state index < -0.39 is 0 Å². The van der Waals surface area contributed by atoms with Gasteiger partial charge in [0.1, 0.15) is 18.1 Å². The molecule has 2 amide bonds. The van der Waals surface area contributed by atoms with Gasteiger partial charge in [0.25, 0.3) is 0 Å². The molecule has 9 heteroatoms. The molecule has 0 fully saturated rings. The van der Waals surface area contributed by atoms with Crippen LogP contribution in [0.2, 0.25) is 0 Å². The Bertz CT molecular complexity index is 1150. The van der Waals surface area contributed by atoms with E-state index in [4.69, 9.17) is 9.26 Å². The molecular formula is C23H25N5O4. The largest absolute Gasteiger partial charge is 0.494 e. The second kappa shape index (κ2) is 8.49. The van der Waals surface area contributed by atoms with E-state index in [1.165, 1.54) is 0 Å². The summed E-state index contributed by atoms with van der Waals surface area (Å²) in [7, 11) is 0. The van der Waals surface area contributed by atoms with Crippen LogP contribution in [-0.2, 0) is 29.0 Å². The number of fused-ring (bicyclic) bond motifs is 3. The van der Waals surface area contributed by atoms with E-state index >= 15 is 0 Å². The van der Waals surface area contributed by atoms with Crippen LogP contribution in [0.3, 0.4) is 0 Å². The predicted octanol–water partition coefficient (Wildman–Crippen LogP) is 1.80. The fraction of sp³-hybridized carbons (Fsp3) is 0.391. The standard InChI is InChI=1S/C23H25N5O4/c1-15-10-18(32-26-15)12-21(30)28-8-6-19-23-22(28)16-4-2-5-17(11-16)31-9-3-7-24-20(29)13-27(23)14-25-19/h2,4-5,10-11,14,22H,3,6-9,12-13H2,1H3,(H,24,29). The molecule has 2 bridgehead atoms. The van der Waals surface area contributed by atoms with Gasteiger partial charge in [-0.1, -0.05) is 17.3 Å². The minimum atomic E-state index is -0.380. The highest BCUT2D eigenvalue weighted by atomic mass is 16.5. The van der Waals surface area contributed by atoms with Crippen molar-refractivity contribution in [1.82, 2.24) is 24.9 Å². The van der Waals surface area contributed by atoms with E-state index in [1.807, 2.05) is 40.7 Å². The van der Waals surface area contributed by atoms with Crippen molar-refractivity contribution in [2.45, 2.75) is 38.8 Å². The Hall–Kier alpha value is -3.62. The molecule has 0 saturated heterocycles. The van der Waals surface area contributed by atoms with Crippen molar-refractivity contribution in [3.8, 4) is 5.75 Å². The van der Waals surface area contributed by atoms with E-state index in [2.05, 4.69) is 15.5 Å². The average molecular weight is 435 g/mol. The molecule has 0 radical (unpaired) electrons. The SMILES string of the molecule is Cc1cc(CC(=O)N2CCc3ncn4c3C2c2cccc(c2)OCCCNC(=O)C4)on1. The van der Waals surface area contributed by atoms with Crippen LogP contribution in [-0.4, -0.2) is 51.1 Å². The zero-order valence-corrected chi connectivity index (χ0v) is 17.9. The average Bonchev–Trinajstić information content (AvgIpc) is 3.38. The minimum Gasteiger partial charge on any atom is -0.494 e. The highest BCUT2D eigenvalue weighted by molar-refractivity contribution is 5.80. The lowest BCUT2D eigenvalue weighted by molar-refractivity contribution is -0.133. The number of rotatable bonds is 2. The van der Waals surface area contributed by atoms with Crippen LogP contribution in [0.4, 0.5) is 0 Å². The molecule has 2 aliphatic rings. The maximum absolute atomic E-state index is 13.4. The quantitative estimate of drug-likeness (QED) is 0.659. The van der Waals surface area contributed by atoms with Crippen molar-refractivity contribution in [2.75, 3.05) is 19.7 Å². The highest BCUT2D eigenvalue weighted by Gasteiger charge is 2.36. The first-order valence-corrected chi connectivity index (χ1v) is 10.8. The van der Waals surface area contributed by atoms with Crippen LogP contribution in [0.1, 0.15) is 40.9 Å². The Morgan fingerprint density at radius 2 is 2.22 bits per heavy atom. The summed E-state index contributed by atoms with van der Waals surface area (Å²) in [6.07, 6.45) is 3.16. The summed E-state index contributed by atoms with van der Waals surface area (Å²) in [5.41, 5.74) is 3.44. The van der Waals surface area contributed by atoms with Crippen LogP contribution in [0.5, 0.6) is 5.75 Å². The number of nitrogens with one attached hydrogen (secondary N) is 1. The Morgan fingerprint density at radius 1 is 1.31 bits per heavy atom. The number of carbonyl (C=O) groups is 2. The molecule has 4 heterocycles. The van der Waals surface area contributed by atoms with Crippen molar-refractivity contribution in [3.63, 3.8) is 0 Å². The Balaban J connectivity index is 1.57. The molecule has 5 rings (SSSR count). The predicted molar refractivity (Wildman–Crippen MR) is 114 cm³/mol. The van der Waals surface area contributed by atoms with Crippen molar-refractivity contribution in [1.29, 1.82) is 0 Å². The normalized spacial score (nSPS) is 18.5.